The van der Waals surface area contributed by atoms with Crippen LogP contribution in [0.25, 0.3) is 0 Å². The van der Waals surface area contributed by atoms with E-state index in [9.17, 15) is 14.1 Å². The molecule has 0 aliphatic rings. The molecule has 0 aliphatic heterocycles. The van der Waals surface area contributed by atoms with Crippen LogP contribution in [0.15, 0.2) is 70.5 Å². The number of ether oxygens (including phenoxy) is 1. The minimum Gasteiger partial charge on any atom is -0.507 e. The number of hydrogen-bond donors (Lipinski definition) is 2. The molecule has 0 spiro atoms. The van der Waals surface area contributed by atoms with Crippen LogP contribution in [0.5, 0.6) is 11.5 Å². The number of hydrogen-bond acceptors (Lipinski definition) is 5. The van der Waals surface area contributed by atoms with E-state index >= 15 is 0 Å². The first-order valence-electron chi connectivity index (χ1n) is 9.76. The van der Waals surface area contributed by atoms with Crippen LogP contribution in [0, 0.1) is 0 Å². The predicted molar refractivity (Wildman–Crippen MR) is 118 cm³/mol. The van der Waals surface area contributed by atoms with Gasteiger partial charge in [-0.05, 0) is 49.7 Å². The quantitative estimate of drug-likeness (QED) is 0.398. The molecule has 0 radical (unpaired) electrons. The molecule has 0 fully saturated rings. The lowest BCUT2D eigenvalue weighted by Crippen LogP contribution is -2.05. The summed E-state index contributed by atoms with van der Waals surface area (Å²) in [6, 6.07) is 17.7. The molecular formula is C24H25NO4S. The standard InChI is InChI=1S/C24H25NO4S/c1-3-7-21-22(13-12-20(16(2)26)24(21)27)29-15-17-8-4-5-11-23(17)30(28)19-10-6-9-18(25)14-19/h4-6,8-14,27H,3,7,15,25H2,1-2H3. The number of carbonyl (C=O) groups excluding carboxylic acids is 1. The zero-order valence-electron chi connectivity index (χ0n) is 17.1. The molecule has 3 aromatic carbocycles. The second kappa shape index (κ2) is 9.59. The Kier molecular flexibility index (Phi) is 6.90. The van der Waals surface area contributed by atoms with Crippen LogP contribution in [0.2, 0.25) is 0 Å². The van der Waals surface area contributed by atoms with Crippen molar-refractivity contribution < 1.29 is 18.8 Å². The number of phenols is 1. The SMILES string of the molecule is CCCc1c(OCc2ccccc2S(=O)c2cccc(N)c2)ccc(C(C)=O)c1O. The lowest BCUT2D eigenvalue weighted by atomic mass is 10.0. The highest BCUT2D eigenvalue weighted by Gasteiger charge is 2.17. The van der Waals surface area contributed by atoms with Crippen molar-refractivity contribution in [1.29, 1.82) is 0 Å². The second-order valence-corrected chi connectivity index (χ2v) is 8.43. The summed E-state index contributed by atoms with van der Waals surface area (Å²) < 4.78 is 19.1. The van der Waals surface area contributed by atoms with Gasteiger partial charge >= 0.3 is 0 Å². The summed E-state index contributed by atoms with van der Waals surface area (Å²) in [6.45, 7) is 3.60. The first-order valence-corrected chi connectivity index (χ1v) is 10.9. The van der Waals surface area contributed by atoms with Gasteiger partial charge < -0.3 is 15.6 Å². The largest absolute Gasteiger partial charge is 0.507 e. The highest BCUT2D eigenvalue weighted by Crippen LogP contribution is 2.34. The molecule has 3 aromatic rings. The van der Waals surface area contributed by atoms with Crippen molar-refractivity contribution in [2.75, 3.05) is 5.73 Å². The number of Topliss-reactive ketones (excluding diaryl/α,β-unsaturated/α-hetero) is 1. The summed E-state index contributed by atoms with van der Waals surface area (Å²) in [4.78, 5) is 13.0. The second-order valence-electron chi connectivity index (χ2n) is 6.98. The van der Waals surface area contributed by atoms with Gasteiger partial charge in [-0.1, -0.05) is 37.6 Å². The maximum Gasteiger partial charge on any atom is 0.163 e. The topological polar surface area (TPSA) is 89.6 Å². The van der Waals surface area contributed by atoms with Crippen molar-refractivity contribution in [3.05, 3.63) is 77.4 Å². The van der Waals surface area contributed by atoms with E-state index < -0.39 is 10.8 Å². The van der Waals surface area contributed by atoms with Crippen LogP contribution >= 0.6 is 0 Å². The van der Waals surface area contributed by atoms with Crippen molar-refractivity contribution in [1.82, 2.24) is 0 Å². The molecule has 3 rings (SSSR count). The first-order chi connectivity index (χ1) is 14.4. The van der Waals surface area contributed by atoms with Crippen molar-refractivity contribution in [2.45, 2.75) is 43.1 Å². The molecule has 6 heteroatoms. The molecule has 0 amide bonds. The minimum atomic E-state index is -1.40. The lowest BCUT2D eigenvalue weighted by molar-refractivity contribution is 0.101. The Morgan fingerprint density at radius 3 is 2.57 bits per heavy atom. The molecule has 30 heavy (non-hydrogen) atoms. The normalized spacial score (nSPS) is 11.8. The van der Waals surface area contributed by atoms with Gasteiger partial charge in [-0.15, -0.1) is 0 Å². The van der Waals surface area contributed by atoms with E-state index in [0.29, 0.717) is 33.2 Å². The third-order valence-corrected chi connectivity index (χ3v) is 6.23. The smallest absolute Gasteiger partial charge is 0.163 e. The summed E-state index contributed by atoms with van der Waals surface area (Å²) in [5.41, 5.74) is 8.06. The number of ketones is 1. The van der Waals surface area contributed by atoms with Crippen LogP contribution in [0.3, 0.4) is 0 Å². The van der Waals surface area contributed by atoms with E-state index in [0.717, 1.165) is 12.0 Å². The van der Waals surface area contributed by atoms with E-state index in [4.69, 9.17) is 10.5 Å². The molecule has 5 nitrogen and oxygen atoms in total. The van der Waals surface area contributed by atoms with Crippen LogP contribution in [0.1, 0.15) is 41.8 Å². The fourth-order valence-electron chi connectivity index (χ4n) is 3.25. The molecule has 1 unspecified atom stereocenters. The Labute approximate surface area is 179 Å². The predicted octanol–water partition coefficient (Wildman–Crippen LogP) is 4.88. The van der Waals surface area contributed by atoms with Gasteiger partial charge in [0.2, 0.25) is 0 Å². The Morgan fingerprint density at radius 1 is 1.10 bits per heavy atom. The number of nitrogens with two attached hydrogens (primary N) is 1. The Balaban J connectivity index is 1.89. The maximum absolute atomic E-state index is 13.1. The van der Waals surface area contributed by atoms with Gasteiger partial charge in [-0.25, -0.2) is 4.21 Å². The van der Waals surface area contributed by atoms with E-state index in [-0.39, 0.29) is 23.7 Å². The fraction of sp³-hybridized carbons (Fsp3) is 0.208. The lowest BCUT2D eigenvalue weighted by Gasteiger charge is -2.16. The monoisotopic (exact) mass is 423 g/mol. The molecule has 156 valence electrons. The van der Waals surface area contributed by atoms with E-state index in [2.05, 4.69) is 0 Å². The van der Waals surface area contributed by atoms with E-state index in [1.54, 1.807) is 42.5 Å². The molecular weight excluding hydrogens is 398 g/mol. The van der Waals surface area contributed by atoms with Crippen LogP contribution < -0.4 is 10.5 Å². The highest BCUT2D eigenvalue weighted by atomic mass is 32.2. The van der Waals surface area contributed by atoms with Gasteiger partial charge in [0, 0.05) is 21.7 Å². The number of carbonyl (C=O) groups is 1. The molecule has 0 saturated carbocycles. The zero-order chi connectivity index (χ0) is 21.7. The third-order valence-electron chi connectivity index (χ3n) is 4.75. The van der Waals surface area contributed by atoms with E-state index in [1.807, 2.05) is 25.1 Å². The van der Waals surface area contributed by atoms with Crippen molar-refractivity contribution in [3.8, 4) is 11.5 Å². The van der Waals surface area contributed by atoms with Crippen molar-refractivity contribution in [2.24, 2.45) is 0 Å². The summed E-state index contributed by atoms with van der Waals surface area (Å²) in [5, 5.41) is 10.5. The Hall–Kier alpha value is -3.12. The van der Waals surface area contributed by atoms with Gasteiger partial charge in [0.05, 0.1) is 21.3 Å². The molecule has 3 N–H and O–H groups in total. The summed E-state index contributed by atoms with van der Waals surface area (Å²) in [7, 11) is -1.40. The number of aromatic hydroxyl groups is 1. The maximum atomic E-state index is 13.1. The molecule has 0 bridgehead atoms. The average Bonchev–Trinajstić information content (AvgIpc) is 2.73. The molecule has 1 atom stereocenters. The fourth-order valence-corrected chi connectivity index (χ4v) is 4.51. The van der Waals surface area contributed by atoms with Gasteiger partial charge in [-0.3, -0.25) is 4.79 Å². The van der Waals surface area contributed by atoms with E-state index in [1.165, 1.54) is 6.92 Å². The minimum absolute atomic E-state index is 0.0292. The van der Waals surface area contributed by atoms with Gasteiger partial charge in [0.25, 0.3) is 0 Å². The molecule has 0 saturated heterocycles. The van der Waals surface area contributed by atoms with Crippen molar-refractivity contribution >= 4 is 22.3 Å². The number of nitrogen functional groups attached to an aromatic ring is 1. The summed E-state index contributed by atoms with van der Waals surface area (Å²) in [5.74, 6) is 0.293. The van der Waals surface area contributed by atoms with Gasteiger partial charge in [-0.2, -0.15) is 0 Å². The average molecular weight is 424 g/mol. The number of rotatable bonds is 8. The number of benzene rings is 3. The van der Waals surface area contributed by atoms with Gasteiger partial charge in [0.1, 0.15) is 18.1 Å². The van der Waals surface area contributed by atoms with Crippen LogP contribution in [0.4, 0.5) is 5.69 Å². The molecule has 0 aromatic heterocycles. The Bertz CT molecular complexity index is 1090. The van der Waals surface area contributed by atoms with Gasteiger partial charge in [0.15, 0.2) is 5.78 Å². The first kappa shape index (κ1) is 21.6. The van der Waals surface area contributed by atoms with Crippen LogP contribution in [-0.2, 0) is 23.8 Å². The zero-order valence-corrected chi connectivity index (χ0v) is 17.9. The molecule has 0 aliphatic carbocycles. The van der Waals surface area contributed by atoms with Crippen molar-refractivity contribution in [3.63, 3.8) is 0 Å². The molecule has 0 heterocycles. The highest BCUT2D eigenvalue weighted by molar-refractivity contribution is 7.85. The summed E-state index contributed by atoms with van der Waals surface area (Å²) >= 11 is 0. The third kappa shape index (κ3) is 4.71. The number of phenolic OH excluding ortho intramolecular Hbond substituents is 1. The summed E-state index contributed by atoms with van der Waals surface area (Å²) in [6.07, 6.45) is 1.38. The Morgan fingerprint density at radius 2 is 1.87 bits per heavy atom. The number of anilines is 1. The van der Waals surface area contributed by atoms with Crippen LogP contribution in [-0.4, -0.2) is 15.1 Å².